The largest absolute Gasteiger partial charge is 0.418 e. The standard InChI is InChI=1S/C22H27F3N2O6/c1-20(2)32-17-15(27-19(28)26-13-8-4-3-7-12(13)22(23,24)25)16(30-18(17)33-20)14-11-29-21(31-14)9-5-6-10-21/h3-4,7-8,14-18H,5-6,9-11H2,1-2H3,(H2,26,27,28)/t14-,15-,16-,17-,18-/m1/s1. The molecule has 1 saturated carbocycles. The molecule has 1 aliphatic carbocycles. The summed E-state index contributed by atoms with van der Waals surface area (Å²) < 4.78 is 70.0. The van der Waals surface area contributed by atoms with E-state index in [4.69, 9.17) is 23.7 Å². The molecule has 2 N–H and O–H groups in total. The van der Waals surface area contributed by atoms with Crippen molar-refractivity contribution in [2.75, 3.05) is 11.9 Å². The SMILES string of the molecule is CC1(C)O[C@H]2O[C@H]([C@H]3COC4(CCCC4)O3)[C@@H](NC(=O)Nc3ccccc3C(F)(F)F)[C@H]2O1. The van der Waals surface area contributed by atoms with E-state index in [-0.39, 0.29) is 12.3 Å². The van der Waals surface area contributed by atoms with Gasteiger partial charge in [0.05, 0.1) is 23.9 Å². The zero-order chi connectivity index (χ0) is 23.4. The zero-order valence-corrected chi connectivity index (χ0v) is 18.3. The van der Waals surface area contributed by atoms with Crippen molar-refractivity contribution in [3.63, 3.8) is 0 Å². The fraction of sp³-hybridized carbons (Fsp3) is 0.682. The van der Waals surface area contributed by atoms with Crippen molar-refractivity contribution in [2.24, 2.45) is 0 Å². The molecular formula is C22H27F3N2O6. The van der Waals surface area contributed by atoms with Crippen LogP contribution in [0.4, 0.5) is 23.7 Å². The van der Waals surface area contributed by atoms with Gasteiger partial charge in [0.25, 0.3) is 0 Å². The minimum atomic E-state index is -4.61. The number of benzene rings is 1. The summed E-state index contributed by atoms with van der Waals surface area (Å²) in [7, 11) is 0. The Balaban J connectivity index is 1.33. The molecular weight excluding hydrogens is 445 g/mol. The molecule has 0 bridgehead atoms. The number of amides is 2. The molecule has 3 heterocycles. The summed E-state index contributed by atoms with van der Waals surface area (Å²) in [5.41, 5.74) is -1.28. The number of ether oxygens (including phenoxy) is 5. The van der Waals surface area contributed by atoms with E-state index >= 15 is 0 Å². The van der Waals surface area contributed by atoms with E-state index < -0.39 is 60.0 Å². The number of alkyl halides is 3. The van der Waals surface area contributed by atoms with Gasteiger partial charge in [-0.2, -0.15) is 13.2 Å². The molecule has 1 spiro atoms. The number of fused-ring (bicyclic) bond motifs is 1. The van der Waals surface area contributed by atoms with Crippen molar-refractivity contribution in [2.45, 2.75) is 87.9 Å². The van der Waals surface area contributed by atoms with Crippen LogP contribution in [0.3, 0.4) is 0 Å². The fourth-order valence-corrected chi connectivity index (χ4v) is 5.08. The Labute approximate surface area is 189 Å². The highest BCUT2D eigenvalue weighted by atomic mass is 19.4. The van der Waals surface area contributed by atoms with Crippen molar-refractivity contribution >= 4 is 11.7 Å². The Kier molecular flexibility index (Phi) is 5.60. The Hall–Kier alpha value is -1.92. The van der Waals surface area contributed by atoms with Crippen molar-refractivity contribution in [3.8, 4) is 0 Å². The highest BCUT2D eigenvalue weighted by Crippen LogP contribution is 2.44. The quantitative estimate of drug-likeness (QED) is 0.697. The monoisotopic (exact) mass is 472 g/mol. The lowest BCUT2D eigenvalue weighted by atomic mass is 10.0. The molecule has 11 heteroatoms. The van der Waals surface area contributed by atoms with Crippen molar-refractivity contribution < 1.29 is 41.7 Å². The second-order valence-electron chi connectivity index (χ2n) is 9.32. The Morgan fingerprint density at radius 1 is 1.06 bits per heavy atom. The van der Waals surface area contributed by atoms with E-state index in [9.17, 15) is 18.0 Å². The van der Waals surface area contributed by atoms with Crippen LogP contribution in [0.2, 0.25) is 0 Å². The predicted octanol–water partition coefficient (Wildman–Crippen LogP) is 3.76. The average molecular weight is 472 g/mol. The van der Waals surface area contributed by atoms with Crippen molar-refractivity contribution in [1.29, 1.82) is 0 Å². The van der Waals surface area contributed by atoms with Crippen LogP contribution in [0.5, 0.6) is 0 Å². The van der Waals surface area contributed by atoms with Gasteiger partial charge in [-0.05, 0) is 38.8 Å². The summed E-state index contributed by atoms with van der Waals surface area (Å²) in [4.78, 5) is 12.8. The summed E-state index contributed by atoms with van der Waals surface area (Å²) in [5.74, 6) is -1.57. The van der Waals surface area contributed by atoms with Gasteiger partial charge in [0, 0.05) is 12.8 Å². The van der Waals surface area contributed by atoms with Gasteiger partial charge >= 0.3 is 12.2 Å². The van der Waals surface area contributed by atoms with Gasteiger partial charge in [0.2, 0.25) is 0 Å². The number of hydrogen-bond donors (Lipinski definition) is 2. The van der Waals surface area contributed by atoms with Crippen LogP contribution in [0.15, 0.2) is 24.3 Å². The molecule has 8 nitrogen and oxygen atoms in total. The third-order valence-electron chi connectivity index (χ3n) is 6.47. The van der Waals surface area contributed by atoms with Gasteiger partial charge < -0.3 is 34.3 Å². The van der Waals surface area contributed by atoms with Gasteiger partial charge in [-0.25, -0.2) is 4.79 Å². The number of halogens is 3. The third-order valence-corrected chi connectivity index (χ3v) is 6.47. The van der Waals surface area contributed by atoms with Crippen LogP contribution in [0.25, 0.3) is 0 Å². The molecule has 1 aromatic rings. The first kappa shape index (κ1) is 22.9. The van der Waals surface area contributed by atoms with Crippen LogP contribution in [0, 0.1) is 0 Å². The molecule has 4 aliphatic rings. The number of anilines is 1. The second kappa shape index (κ2) is 8.09. The van der Waals surface area contributed by atoms with Crippen LogP contribution >= 0.6 is 0 Å². The lowest BCUT2D eigenvalue weighted by Crippen LogP contribution is -2.53. The van der Waals surface area contributed by atoms with Crippen LogP contribution < -0.4 is 10.6 Å². The number of urea groups is 1. The van der Waals surface area contributed by atoms with E-state index in [2.05, 4.69) is 10.6 Å². The number of hydrogen-bond acceptors (Lipinski definition) is 6. The maximum Gasteiger partial charge on any atom is 0.418 e. The first-order chi connectivity index (χ1) is 15.6. The Morgan fingerprint density at radius 3 is 2.52 bits per heavy atom. The molecule has 2 amide bonds. The van der Waals surface area contributed by atoms with Crippen LogP contribution in [-0.2, 0) is 29.9 Å². The Bertz CT molecular complexity index is 904. The van der Waals surface area contributed by atoms with E-state index in [1.807, 2.05) is 0 Å². The highest BCUT2D eigenvalue weighted by molar-refractivity contribution is 5.90. The molecule has 3 aliphatic heterocycles. The summed E-state index contributed by atoms with van der Waals surface area (Å²) in [6.07, 6.45) is -3.55. The number of rotatable bonds is 3. The molecule has 4 fully saturated rings. The average Bonchev–Trinajstić information content (AvgIpc) is 3.48. The van der Waals surface area contributed by atoms with Crippen molar-refractivity contribution in [1.82, 2.24) is 5.32 Å². The highest BCUT2D eigenvalue weighted by Gasteiger charge is 2.59. The van der Waals surface area contributed by atoms with Crippen molar-refractivity contribution in [3.05, 3.63) is 29.8 Å². The first-order valence-corrected chi connectivity index (χ1v) is 11.1. The first-order valence-electron chi connectivity index (χ1n) is 11.1. The maximum atomic E-state index is 13.3. The van der Waals surface area contributed by atoms with Gasteiger partial charge in [-0.1, -0.05) is 12.1 Å². The van der Waals surface area contributed by atoms with E-state index in [1.165, 1.54) is 18.2 Å². The van der Waals surface area contributed by atoms with E-state index in [0.717, 1.165) is 31.7 Å². The maximum absolute atomic E-state index is 13.3. The van der Waals surface area contributed by atoms with E-state index in [1.54, 1.807) is 13.8 Å². The number of nitrogens with one attached hydrogen (secondary N) is 2. The van der Waals surface area contributed by atoms with Gasteiger partial charge in [-0.3, -0.25) is 0 Å². The topological polar surface area (TPSA) is 87.3 Å². The zero-order valence-electron chi connectivity index (χ0n) is 18.3. The molecule has 33 heavy (non-hydrogen) atoms. The van der Waals surface area contributed by atoms with Crippen LogP contribution in [0.1, 0.15) is 45.1 Å². The van der Waals surface area contributed by atoms with Gasteiger partial charge in [0.15, 0.2) is 17.9 Å². The third kappa shape index (κ3) is 4.44. The lowest BCUT2D eigenvalue weighted by Gasteiger charge is -2.30. The smallest absolute Gasteiger partial charge is 0.347 e. The molecule has 0 radical (unpaired) electrons. The van der Waals surface area contributed by atoms with Gasteiger partial charge in [0.1, 0.15) is 18.3 Å². The second-order valence-corrected chi connectivity index (χ2v) is 9.32. The summed E-state index contributed by atoms with van der Waals surface area (Å²) >= 11 is 0. The number of para-hydroxylation sites is 1. The normalized spacial score (nSPS) is 34.5. The molecule has 0 aromatic heterocycles. The summed E-state index contributed by atoms with van der Waals surface area (Å²) in [6.45, 7) is 3.73. The Morgan fingerprint density at radius 2 is 1.79 bits per heavy atom. The summed E-state index contributed by atoms with van der Waals surface area (Å²) in [5, 5.41) is 5.05. The number of carbonyl (C=O) groups excluding carboxylic acids is 1. The molecule has 5 atom stereocenters. The van der Waals surface area contributed by atoms with Crippen LogP contribution in [-0.4, -0.2) is 54.9 Å². The molecule has 5 rings (SSSR count). The fourth-order valence-electron chi connectivity index (χ4n) is 5.08. The summed E-state index contributed by atoms with van der Waals surface area (Å²) in [6, 6.07) is 3.26. The molecule has 182 valence electrons. The van der Waals surface area contributed by atoms with Gasteiger partial charge in [-0.15, -0.1) is 0 Å². The molecule has 1 aromatic carbocycles. The minimum absolute atomic E-state index is 0.282. The minimum Gasteiger partial charge on any atom is -0.347 e. The molecule has 3 saturated heterocycles. The van der Waals surface area contributed by atoms with E-state index in [0.29, 0.717) is 0 Å². The predicted molar refractivity (Wildman–Crippen MR) is 108 cm³/mol. The molecule has 0 unspecified atom stereocenters. The number of carbonyl (C=O) groups is 1. The lowest BCUT2D eigenvalue weighted by molar-refractivity contribution is -0.226.